The summed E-state index contributed by atoms with van der Waals surface area (Å²) in [6.07, 6.45) is 4.10. The molecule has 4 rings (SSSR count). The highest BCUT2D eigenvalue weighted by Crippen LogP contribution is 2.27. The summed E-state index contributed by atoms with van der Waals surface area (Å²) < 4.78 is 15.4. The van der Waals surface area contributed by atoms with Gasteiger partial charge in [0.2, 0.25) is 0 Å². The van der Waals surface area contributed by atoms with Crippen LogP contribution in [-0.4, -0.2) is 27.1 Å². The predicted octanol–water partition coefficient (Wildman–Crippen LogP) is 4.52. The van der Waals surface area contributed by atoms with E-state index in [2.05, 4.69) is 15.6 Å². The molecular weight excluding hydrogens is 455 g/mol. The number of carbonyl (C=O) groups excluding carboxylic acids is 3. The maximum Gasteiger partial charge on any atom is 0.294 e. The van der Waals surface area contributed by atoms with Crippen molar-refractivity contribution in [3.8, 4) is 0 Å². The highest BCUT2D eigenvalue weighted by molar-refractivity contribution is 7.11. The minimum Gasteiger partial charge on any atom is -0.341 e. The largest absolute Gasteiger partial charge is 0.341 e. The molecule has 0 radical (unpaired) electrons. The van der Waals surface area contributed by atoms with E-state index in [0.29, 0.717) is 34.8 Å². The monoisotopic (exact) mass is 482 g/mol. The molecule has 1 aromatic carbocycles. The summed E-state index contributed by atoms with van der Waals surface area (Å²) in [7, 11) is 0. The van der Waals surface area contributed by atoms with Gasteiger partial charge in [-0.3, -0.25) is 14.4 Å². The average molecular weight is 483 g/mol. The molecule has 2 amide bonds. The molecule has 2 aromatic heterocycles. The van der Waals surface area contributed by atoms with E-state index < -0.39 is 23.1 Å². The third-order valence-electron chi connectivity index (χ3n) is 5.94. The van der Waals surface area contributed by atoms with Crippen LogP contribution in [0.4, 0.5) is 10.1 Å². The summed E-state index contributed by atoms with van der Waals surface area (Å²) in [5.41, 5.74) is 1.34. The lowest BCUT2D eigenvalue weighted by molar-refractivity contribution is -0.118. The predicted molar refractivity (Wildman–Crippen MR) is 129 cm³/mol. The first kappa shape index (κ1) is 23.8. The molecule has 0 spiro atoms. The maximum absolute atomic E-state index is 13.6. The van der Waals surface area contributed by atoms with Crippen molar-refractivity contribution in [3.63, 3.8) is 0 Å². The van der Waals surface area contributed by atoms with Crippen LogP contribution in [0.1, 0.15) is 68.7 Å². The first-order valence-electron chi connectivity index (χ1n) is 11.2. The Labute approximate surface area is 201 Å². The van der Waals surface area contributed by atoms with Crippen molar-refractivity contribution in [3.05, 3.63) is 68.7 Å². The van der Waals surface area contributed by atoms with E-state index in [4.69, 9.17) is 0 Å². The molecule has 0 atom stereocenters. The smallest absolute Gasteiger partial charge is 0.294 e. The van der Waals surface area contributed by atoms with Crippen molar-refractivity contribution < 1.29 is 18.8 Å². The molecule has 7 nitrogen and oxygen atoms in total. The second-order valence-corrected chi connectivity index (χ2v) is 10.3. The summed E-state index contributed by atoms with van der Waals surface area (Å²) in [5, 5.41) is 6.28. The Kier molecular flexibility index (Phi) is 6.40. The quantitative estimate of drug-likeness (QED) is 0.399. The number of carbonyl (C=O) groups is 3. The number of anilines is 1. The van der Waals surface area contributed by atoms with E-state index in [1.807, 2.05) is 6.92 Å². The number of fused-ring (bicyclic) bond motifs is 1. The number of nitrogens with one attached hydrogen (secondary N) is 2. The van der Waals surface area contributed by atoms with Gasteiger partial charge in [0.1, 0.15) is 10.8 Å². The summed E-state index contributed by atoms with van der Waals surface area (Å²) in [6.45, 7) is 7.70. The fourth-order valence-electron chi connectivity index (χ4n) is 4.14. The first-order valence-corrected chi connectivity index (χ1v) is 12.0. The molecule has 1 aliphatic heterocycles. The van der Waals surface area contributed by atoms with Crippen LogP contribution >= 0.6 is 11.3 Å². The number of aromatic nitrogens is 2. The molecule has 178 valence electrons. The van der Waals surface area contributed by atoms with Crippen molar-refractivity contribution in [1.29, 1.82) is 0 Å². The molecule has 0 saturated carbocycles. The third-order valence-corrected chi connectivity index (χ3v) is 7.17. The van der Waals surface area contributed by atoms with E-state index >= 15 is 0 Å². The number of thiazole rings is 1. The van der Waals surface area contributed by atoms with E-state index in [1.54, 1.807) is 37.6 Å². The van der Waals surface area contributed by atoms with Gasteiger partial charge in [-0.2, -0.15) is 0 Å². The molecule has 1 aliphatic rings. The van der Waals surface area contributed by atoms with Crippen molar-refractivity contribution in [2.75, 3.05) is 5.32 Å². The number of hydrogen-bond donors (Lipinski definition) is 2. The van der Waals surface area contributed by atoms with Gasteiger partial charge in [-0.05, 0) is 76.8 Å². The molecule has 0 aliphatic carbocycles. The van der Waals surface area contributed by atoms with Crippen LogP contribution in [0.15, 0.2) is 30.5 Å². The summed E-state index contributed by atoms with van der Waals surface area (Å²) in [6, 6.07) is 5.84. The van der Waals surface area contributed by atoms with Gasteiger partial charge < -0.3 is 15.2 Å². The summed E-state index contributed by atoms with van der Waals surface area (Å²) in [5.74, 6) is -2.19. The summed E-state index contributed by atoms with van der Waals surface area (Å²) >= 11 is 1.46. The molecule has 3 heterocycles. The Balaban J connectivity index is 1.59. The summed E-state index contributed by atoms with van der Waals surface area (Å²) in [4.78, 5) is 44.5. The molecule has 34 heavy (non-hydrogen) atoms. The first-order chi connectivity index (χ1) is 16.1. The van der Waals surface area contributed by atoms with Gasteiger partial charge in [-0.15, -0.1) is 11.3 Å². The lowest BCUT2D eigenvalue weighted by Crippen LogP contribution is -2.44. The number of rotatable bonds is 6. The van der Waals surface area contributed by atoms with Gasteiger partial charge in [0.25, 0.3) is 17.6 Å². The second kappa shape index (κ2) is 9.13. The fourth-order valence-corrected chi connectivity index (χ4v) is 4.96. The van der Waals surface area contributed by atoms with Gasteiger partial charge in [0.05, 0.1) is 16.8 Å². The molecular formula is C25H27FN4O3S. The minimum absolute atomic E-state index is 0.193. The lowest BCUT2D eigenvalue weighted by Gasteiger charge is -2.24. The number of hydrogen-bond acceptors (Lipinski definition) is 5. The van der Waals surface area contributed by atoms with Crippen LogP contribution in [0.2, 0.25) is 0 Å². The van der Waals surface area contributed by atoms with Crippen LogP contribution in [0.5, 0.6) is 0 Å². The highest BCUT2D eigenvalue weighted by atomic mass is 32.1. The fraction of sp³-hybridized carbons (Fsp3) is 0.360. The Morgan fingerprint density at radius 3 is 2.59 bits per heavy atom. The number of amides is 2. The normalized spacial score (nSPS) is 13.3. The Morgan fingerprint density at radius 2 is 1.91 bits per heavy atom. The van der Waals surface area contributed by atoms with Crippen LogP contribution in [0.3, 0.4) is 0 Å². The van der Waals surface area contributed by atoms with Gasteiger partial charge in [0.15, 0.2) is 0 Å². The van der Waals surface area contributed by atoms with Crippen molar-refractivity contribution >= 4 is 34.6 Å². The Hall–Kier alpha value is -3.33. The lowest BCUT2D eigenvalue weighted by atomic mass is 10.1. The molecule has 2 N–H and O–H groups in total. The van der Waals surface area contributed by atoms with Crippen LogP contribution in [-0.2, 0) is 23.3 Å². The third kappa shape index (κ3) is 4.65. The molecule has 0 unspecified atom stereocenters. The maximum atomic E-state index is 13.6. The topological polar surface area (TPSA) is 93.1 Å². The zero-order valence-corrected chi connectivity index (χ0v) is 20.4. The van der Waals surface area contributed by atoms with Gasteiger partial charge in [0, 0.05) is 29.0 Å². The van der Waals surface area contributed by atoms with Crippen molar-refractivity contribution in [2.45, 2.75) is 59.0 Å². The number of halogens is 1. The van der Waals surface area contributed by atoms with E-state index in [-0.39, 0.29) is 11.5 Å². The zero-order chi connectivity index (χ0) is 24.6. The van der Waals surface area contributed by atoms with Gasteiger partial charge in [-0.25, -0.2) is 9.37 Å². The number of nitrogens with zero attached hydrogens (tertiary/aromatic N) is 2. The minimum atomic E-state index is -0.816. The van der Waals surface area contributed by atoms with Crippen molar-refractivity contribution in [2.24, 2.45) is 0 Å². The van der Waals surface area contributed by atoms with E-state index in [0.717, 1.165) is 23.4 Å². The zero-order valence-electron chi connectivity index (χ0n) is 19.6. The van der Waals surface area contributed by atoms with E-state index in [9.17, 15) is 18.8 Å². The number of aryl methyl sites for hydroxylation is 2. The Bertz CT molecular complexity index is 1290. The standard InChI is InChI=1S/C25H27FN4O3S/c1-14-11-16(8-9-18(14)26)28-22(32)17-12-20(30-10-6-5-7-19(17)30)21(31)23(33)29-25(3,4)24-27-13-15(2)34-24/h8-9,11-13H,5-7,10H2,1-4H3,(H,28,32)(H,29,33). The van der Waals surface area contributed by atoms with Crippen molar-refractivity contribution in [1.82, 2.24) is 14.9 Å². The van der Waals surface area contributed by atoms with Crippen LogP contribution in [0.25, 0.3) is 0 Å². The average Bonchev–Trinajstić information content (AvgIpc) is 3.40. The van der Waals surface area contributed by atoms with Crippen LogP contribution < -0.4 is 10.6 Å². The van der Waals surface area contributed by atoms with E-state index in [1.165, 1.54) is 29.5 Å². The van der Waals surface area contributed by atoms with Gasteiger partial charge in [-0.1, -0.05) is 0 Å². The number of Topliss-reactive ketones (excluding diaryl/α,β-unsaturated/α-hetero) is 1. The molecule has 9 heteroatoms. The SMILES string of the molecule is Cc1cnc(C(C)(C)NC(=O)C(=O)c2cc(C(=O)Nc3ccc(F)c(C)c3)c3n2CCCC3)s1. The Morgan fingerprint density at radius 1 is 1.15 bits per heavy atom. The van der Waals surface area contributed by atoms with Crippen LogP contribution in [0, 0.1) is 19.7 Å². The number of benzene rings is 1. The van der Waals surface area contributed by atoms with Gasteiger partial charge >= 0.3 is 0 Å². The molecule has 0 saturated heterocycles. The molecule has 0 bridgehead atoms. The second-order valence-electron chi connectivity index (χ2n) is 9.10. The molecule has 0 fully saturated rings. The number of ketones is 1. The molecule has 3 aromatic rings. The highest BCUT2D eigenvalue weighted by Gasteiger charge is 2.33.